The smallest absolute Gasteiger partial charge is 0.251 e. The van der Waals surface area contributed by atoms with E-state index in [1.165, 1.54) is 35.9 Å². The van der Waals surface area contributed by atoms with E-state index in [4.69, 9.17) is 0 Å². The van der Waals surface area contributed by atoms with Crippen molar-refractivity contribution in [1.82, 2.24) is 10.3 Å². The molecule has 1 aromatic heterocycles. The van der Waals surface area contributed by atoms with Crippen LogP contribution in [0.25, 0.3) is 10.9 Å². The van der Waals surface area contributed by atoms with Gasteiger partial charge in [-0.3, -0.25) is 4.79 Å². The van der Waals surface area contributed by atoms with E-state index in [1.54, 1.807) is 11.8 Å². The van der Waals surface area contributed by atoms with Crippen LogP contribution in [0.5, 0.6) is 0 Å². The maximum atomic E-state index is 12.5. The number of carbonyl (C=O) groups is 1. The summed E-state index contributed by atoms with van der Waals surface area (Å²) < 4.78 is 0. The number of aliphatic hydroxyl groups excluding tert-OH is 1. The Bertz CT molecular complexity index is 711. The fourth-order valence-corrected chi connectivity index (χ4v) is 3.98. The van der Waals surface area contributed by atoms with E-state index < -0.39 is 0 Å². The number of rotatable bonds is 6. The standard InChI is InChI=1S/C19H26N2O2S/c1-24-10-9-14(12-22)20-19(23)13-7-8-18-16(11-13)15-5-3-2-4-6-17(15)21-18/h7-8,11,14,21-22H,2-6,9-10,12H2,1H3,(H,20,23). The first-order valence-electron chi connectivity index (χ1n) is 8.77. The monoisotopic (exact) mass is 346 g/mol. The molecule has 24 heavy (non-hydrogen) atoms. The largest absolute Gasteiger partial charge is 0.394 e. The van der Waals surface area contributed by atoms with E-state index in [0.29, 0.717) is 5.56 Å². The molecule has 1 aliphatic rings. The minimum absolute atomic E-state index is 0.0197. The number of H-pyrrole nitrogens is 1. The molecule has 2 aromatic rings. The highest BCUT2D eigenvalue weighted by Crippen LogP contribution is 2.29. The zero-order chi connectivity index (χ0) is 16.9. The van der Waals surface area contributed by atoms with Crippen LogP contribution in [0.1, 0.15) is 47.3 Å². The first kappa shape index (κ1) is 17.4. The predicted molar refractivity (Wildman–Crippen MR) is 101 cm³/mol. The molecule has 5 heteroatoms. The summed E-state index contributed by atoms with van der Waals surface area (Å²) in [4.78, 5) is 16.1. The first-order chi connectivity index (χ1) is 11.7. The second-order valence-corrected chi connectivity index (χ2v) is 7.52. The summed E-state index contributed by atoms with van der Waals surface area (Å²) in [6, 6.07) is 5.71. The molecule has 1 aromatic carbocycles. The Labute approximate surface area is 147 Å². The van der Waals surface area contributed by atoms with Gasteiger partial charge in [-0.05, 0) is 67.9 Å². The predicted octanol–water partition coefficient (Wildman–Crippen LogP) is 3.28. The van der Waals surface area contributed by atoms with Gasteiger partial charge in [0.15, 0.2) is 0 Å². The molecule has 0 fully saturated rings. The van der Waals surface area contributed by atoms with E-state index >= 15 is 0 Å². The van der Waals surface area contributed by atoms with Crippen molar-refractivity contribution < 1.29 is 9.90 Å². The van der Waals surface area contributed by atoms with Crippen LogP contribution in [0.4, 0.5) is 0 Å². The molecule has 1 aliphatic carbocycles. The second kappa shape index (κ2) is 8.08. The van der Waals surface area contributed by atoms with Crippen LogP contribution >= 0.6 is 11.8 Å². The lowest BCUT2D eigenvalue weighted by molar-refractivity contribution is 0.0915. The molecule has 1 atom stereocenters. The van der Waals surface area contributed by atoms with E-state index in [-0.39, 0.29) is 18.6 Å². The zero-order valence-corrected chi connectivity index (χ0v) is 15.0. The summed E-state index contributed by atoms with van der Waals surface area (Å²) in [6.45, 7) is -0.0197. The number of nitrogens with one attached hydrogen (secondary N) is 2. The second-order valence-electron chi connectivity index (χ2n) is 6.54. The van der Waals surface area contributed by atoms with Crippen LogP contribution in [0, 0.1) is 0 Å². The first-order valence-corrected chi connectivity index (χ1v) is 10.2. The molecule has 1 heterocycles. The third-order valence-corrected chi connectivity index (χ3v) is 5.48. The van der Waals surface area contributed by atoms with E-state index in [0.717, 1.165) is 30.5 Å². The number of carbonyl (C=O) groups excluding carboxylic acids is 1. The van der Waals surface area contributed by atoms with Crippen molar-refractivity contribution in [3.8, 4) is 0 Å². The summed E-state index contributed by atoms with van der Waals surface area (Å²) in [5.74, 6) is 0.830. The number of fused-ring (bicyclic) bond motifs is 3. The van der Waals surface area contributed by atoms with Gasteiger partial charge >= 0.3 is 0 Å². The summed E-state index contributed by atoms with van der Waals surface area (Å²) in [5.41, 5.74) is 4.53. The lowest BCUT2D eigenvalue weighted by atomic mass is 10.0. The number of hydrogen-bond donors (Lipinski definition) is 3. The van der Waals surface area contributed by atoms with Crippen molar-refractivity contribution in [3.63, 3.8) is 0 Å². The minimum atomic E-state index is -0.177. The fourth-order valence-electron chi connectivity index (χ4n) is 3.46. The highest BCUT2D eigenvalue weighted by Gasteiger charge is 2.17. The van der Waals surface area contributed by atoms with Gasteiger partial charge in [-0.2, -0.15) is 11.8 Å². The number of benzene rings is 1. The Kier molecular flexibility index (Phi) is 5.85. The summed E-state index contributed by atoms with van der Waals surface area (Å²) in [5, 5.41) is 13.6. The van der Waals surface area contributed by atoms with E-state index in [2.05, 4.69) is 10.3 Å². The average molecular weight is 346 g/mol. The molecule has 0 saturated carbocycles. The molecule has 0 radical (unpaired) electrons. The third-order valence-electron chi connectivity index (χ3n) is 4.84. The molecular formula is C19H26N2O2S. The van der Waals surface area contributed by atoms with Gasteiger partial charge < -0.3 is 15.4 Å². The van der Waals surface area contributed by atoms with Gasteiger partial charge in [0, 0.05) is 22.2 Å². The average Bonchev–Trinajstić information content (AvgIpc) is 2.78. The number of aliphatic hydroxyl groups is 1. The summed E-state index contributed by atoms with van der Waals surface area (Å²) in [6.07, 6.45) is 8.74. The normalized spacial score (nSPS) is 15.8. The van der Waals surface area contributed by atoms with E-state index in [9.17, 15) is 9.90 Å². The van der Waals surface area contributed by atoms with Gasteiger partial charge in [-0.25, -0.2) is 0 Å². The lowest BCUT2D eigenvalue weighted by Gasteiger charge is -2.15. The van der Waals surface area contributed by atoms with Gasteiger partial charge in [-0.1, -0.05) is 6.42 Å². The number of hydrogen-bond acceptors (Lipinski definition) is 3. The Balaban J connectivity index is 1.81. The molecular weight excluding hydrogens is 320 g/mol. The van der Waals surface area contributed by atoms with Gasteiger partial charge in [0.25, 0.3) is 5.91 Å². The topological polar surface area (TPSA) is 65.1 Å². The minimum Gasteiger partial charge on any atom is -0.394 e. The van der Waals surface area contributed by atoms with Crippen molar-refractivity contribution >= 4 is 28.6 Å². The molecule has 130 valence electrons. The van der Waals surface area contributed by atoms with Gasteiger partial charge in [0.1, 0.15) is 0 Å². The molecule has 3 N–H and O–H groups in total. The number of aryl methyl sites for hydroxylation is 2. The molecule has 0 aliphatic heterocycles. The quantitative estimate of drug-likeness (QED) is 0.703. The van der Waals surface area contributed by atoms with Crippen LogP contribution in [-0.2, 0) is 12.8 Å². The van der Waals surface area contributed by atoms with Crippen molar-refractivity contribution in [3.05, 3.63) is 35.0 Å². The number of aromatic amines is 1. The van der Waals surface area contributed by atoms with Gasteiger partial charge in [0.05, 0.1) is 12.6 Å². The summed E-state index contributed by atoms with van der Waals surface area (Å²) >= 11 is 1.72. The maximum absolute atomic E-state index is 12.5. The van der Waals surface area contributed by atoms with Crippen molar-refractivity contribution in [2.75, 3.05) is 18.6 Å². The Morgan fingerprint density at radius 1 is 1.33 bits per heavy atom. The van der Waals surface area contributed by atoms with Crippen molar-refractivity contribution in [2.24, 2.45) is 0 Å². The lowest BCUT2D eigenvalue weighted by Crippen LogP contribution is -2.37. The van der Waals surface area contributed by atoms with Crippen LogP contribution in [0.2, 0.25) is 0 Å². The molecule has 0 spiro atoms. The van der Waals surface area contributed by atoms with Crippen LogP contribution < -0.4 is 5.32 Å². The van der Waals surface area contributed by atoms with Gasteiger partial charge in [-0.15, -0.1) is 0 Å². The van der Waals surface area contributed by atoms with Crippen molar-refractivity contribution in [2.45, 2.75) is 44.6 Å². The fraction of sp³-hybridized carbons (Fsp3) is 0.526. The van der Waals surface area contributed by atoms with Crippen LogP contribution in [0.3, 0.4) is 0 Å². The highest BCUT2D eigenvalue weighted by atomic mass is 32.2. The molecule has 0 bridgehead atoms. The van der Waals surface area contributed by atoms with Crippen LogP contribution in [-0.4, -0.2) is 40.7 Å². The van der Waals surface area contributed by atoms with Crippen LogP contribution in [0.15, 0.2) is 18.2 Å². The summed E-state index contributed by atoms with van der Waals surface area (Å²) in [7, 11) is 0. The molecule has 1 amide bonds. The molecule has 4 nitrogen and oxygen atoms in total. The zero-order valence-electron chi connectivity index (χ0n) is 14.2. The molecule has 1 unspecified atom stereocenters. The van der Waals surface area contributed by atoms with Crippen molar-refractivity contribution in [1.29, 1.82) is 0 Å². The Morgan fingerprint density at radius 2 is 2.17 bits per heavy atom. The molecule has 0 saturated heterocycles. The number of thioether (sulfide) groups is 1. The number of amides is 1. The third kappa shape index (κ3) is 3.78. The Morgan fingerprint density at radius 3 is 2.96 bits per heavy atom. The maximum Gasteiger partial charge on any atom is 0.251 e. The Hall–Kier alpha value is -1.46. The SMILES string of the molecule is CSCCC(CO)NC(=O)c1ccc2[nH]c3c(c2c1)CCCCC3. The van der Waals surface area contributed by atoms with E-state index in [1.807, 2.05) is 24.5 Å². The van der Waals surface area contributed by atoms with Gasteiger partial charge in [0.2, 0.25) is 0 Å². The molecule has 3 rings (SSSR count). The number of aromatic nitrogens is 1. The highest BCUT2D eigenvalue weighted by molar-refractivity contribution is 7.98.